The van der Waals surface area contributed by atoms with E-state index in [0.29, 0.717) is 17.3 Å². The van der Waals surface area contributed by atoms with E-state index in [1.165, 1.54) is 0 Å². The normalized spacial score (nSPS) is 11.8. The molecule has 24 heavy (non-hydrogen) atoms. The van der Waals surface area contributed by atoms with Gasteiger partial charge in [0.05, 0.1) is 17.2 Å². The summed E-state index contributed by atoms with van der Waals surface area (Å²) in [6, 6.07) is 11.8. The van der Waals surface area contributed by atoms with Crippen LogP contribution in [0.3, 0.4) is 0 Å². The molecule has 5 rings (SSSR count). The van der Waals surface area contributed by atoms with E-state index in [9.17, 15) is 0 Å². The van der Waals surface area contributed by atoms with Crippen LogP contribution in [0.5, 0.6) is 0 Å². The fourth-order valence-electron chi connectivity index (χ4n) is 2.98. The Balaban J connectivity index is 1.62. The summed E-state index contributed by atoms with van der Waals surface area (Å²) < 4.78 is 9.75. The molecule has 5 aromatic rings. The minimum atomic E-state index is 0.674. The van der Waals surface area contributed by atoms with Gasteiger partial charge in [0.25, 0.3) is 0 Å². The molecular weight excluding hydrogens is 304 g/mol. The lowest BCUT2D eigenvalue weighted by Crippen LogP contribution is -1.91. The molecule has 0 aliphatic heterocycles. The average molecular weight is 318 g/mol. The van der Waals surface area contributed by atoms with Crippen LogP contribution in [0, 0.1) is 0 Å². The van der Waals surface area contributed by atoms with Crippen LogP contribution in [0.15, 0.2) is 47.0 Å². The Morgan fingerprint density at radius 1 is 1.00 bits per heavy atom. The van der Waals surface area contributed by atoms with Crippen molar-refractivity contribution in [2.45, 2.75) is 0 Å². The van der Waals surface area contributed by atoms with Crippen molar-refractivity contribution in [1.82, 2.24) is 29.3 Å². The minimum absolute atomic E-state index is 0.674. The molecule has 0 amide bonds. The van der Waals surface area contributed by atoms with E-state index in [2.05, 4.69) is 20.1 Å². The number of rotatable bonds is 2. The van der Waals surface area contributed by atoms with Crippen LogP contribution < -0.4 is 0 Å². The zero-order valence-corrected chi connectivity index (χ0v) is 13.2. The fourth-order valence-corrected chi connectivity index (χ4v) is 2.98. The van der Waals surface area contributed by atoms with Crippen LogP contribution in [-0.2, 0) is 14.1 Å². The number of aryl methyl sites for hydroxylation is 2. The summed E-state index contributed by atoms with van der Waals surface area (Å²) in [6.45, 7) is 0. The van der Waals surface area contributed by atoms with Gasteiger partial charge in [0.15, 0.2) is 28.8 Å². The van der Waals surface area contributed by atoms with Crippen LogP contribution in [-0.4, -0.2) is 29.3 Å². The predicted octanol–water partition coefficient (Wildman–Crippen LogP) is 3.11. The molecule has 0 aliphatic carbocycles. The third-order valence-corrected chi connectivity index (χ3v) is 4.23. The fraction of sp³-hybridized carbons (Fsp3) is 0.118. The van der Waals surface area contributed by atoms with Gasteiger partial charge in [-0.1, -0.05) is 12.1 Å². The average Bonchev–Trinajstić information content (AvgIpc) is 3.33. The van der Waals surface area contributed by atoms with Crippen molar-refractivity contribution in [3.8, 4) is 23.2 Å². The third kappa shape index (κ3) is 1.75. The number of nitrogens with one attached hydrogen (secondary N) is 1. The molecule has 118 valence electrons. The molecule has 0 saturated heterocycles. The largest absolute Gasteiger partial charge is 0.450 e. The molecule has 0 atom stereocenters. The highest BCUT2D eigenvalue weighted by Crippen LogP contribution is 2.29. The summed E-state index contributed by atoms with van der Waals surface area (Å²) >= 11 is 0. The monoisotopic (exact) mass is 318 g/mol. The molecule has 0 bridgehead atoms. The van der Waals surface area contributed by atoms with Crippen molar-refractivity contribution in [1.29, 1.82) is 0 Å². The number of benzene rings is 1. The molecule has 0 fully saturated rings. The number of para-hydroxylation sites is 2. The summed E-state index contributed by atoms with van der Waals surface area (Å²) in [5.41, 5.74) is 3.70. The van der Waals surface area contributed by atoms with Gasteiger partial charge in [-0.2, -0.15) is 5.10 Å². The Morgan fingerprint density at radius 3 is 2.67 bits per heavy atom. The van der Waals surface area contributed by atoms with Crippen LogP contribution in [0.1, 0.15) is 0 Å². The van der Waals surface area contributed by atoms with Gasteiger partial charge in [-0.25, -0.2) is 14.6 Å². The molecule has 7 heteroatoms. The molecular formula is C17H14N6O. The number of aromatic amines is 1. The first-order chi connectivity index (χ1) is 11.7. The highest BCUT2D eigenvalue weighted by molar-refractivity contribution is 5.80. The number of imidazole rings is 2. The third-order valence-electron chi connectivity index (χ3n) is 4.23. The highest BCUT2D eigenvalue weighted by Gasteiger charge is 2.16. The SMILES string of the molecule is Cn1ncc2[nH]c(-c3ccc(-c4nc5ccccc5n4C)o3)nc21. The van der Waals surface area contributed by atoms with Crippen LogP contribution in [0.4, 0.5) is 0 Å². The minimum Gasteiger partial charge on any atom is -0.450 e. The predicted molar refractivity (Wildman–Crippen MR) is 90.3 cm³/mol. The maximum absolute atomic E-state index is 6.00. The van der Waals surface area contributed by atoms with Crippen LogP contribution >= 0.6 is 0 Å². The number of aromatic nitrogens is 6. The van der Waals surface area contributed by atoms with Gasteiger partial charge < -0.3 is 14.0 Å². The first-order valence-electron chi connectivity index (χ1n) is 7.60. The summed E-state index contributed by atoms with van der Waals surface area (Å²) in [5.74, 6) is 2.86. The second-order valence-corrected chi connectivity index (χ2v) is 5.74. The van der Waals surface area contributed by atoms with Crippen molar-refractivity contribution in [2.75, 3.05) is 0 Å². The van der Waals surface area contributed by atoms with Crippen molar-refractivity contribution >= 4 is 22.2 Å². The molecule has 1 N–H and O–H groups in total. The Hall–Kier alpha value is -3.35. The van der Waals surface area contributed by atoms with Crippen molar-refractivity contribution in [3.63, 3.8) is 0 Å². The van der Waals surface area contributed by atoms with E-state index in [0.717, 1.165) is 28.0 Å². The van der Waals surface area contributed by atoms with E-state index in [4.69, 9.17) is 4.42 Å². The van der Waals surface area contributed by atoms with E-state index in [-0.39, 0.29) is 0 Å². The van der Waals surface area contributed by atoms with Gasteiger partial charge >= 0.3 is 0 Å². The molecule has 0 unspecified atom stereocenters. The van der Waals surface area contributed by atoms with Gasteiger partial charge in [0, 0.05) is 14.1 Å². The molecule has 0 radical (unpaired) electrons. The van der Waals surface area contributed by atoms with Gasteiger partial charge in [-0.05, 0) is 24.3 Å². The Kier molecular flexibility index (Phi) is 2.50. The summed E-state index contributed by atoms with van der Waals surface area (Å²) in [5, 5.41) is 4.16. The lowest BCUT2D eigenvalue weighted by atomic mass is 10.3. The summed E-state index contributed by atoms with van der Waals surface area (Å²) in [6.07, 6.45) is 1.75. The van der Waals surface area contributed by atoms with E-state index >= 15 is 0 Å². The summed E-state index contributed by atoms with van der Waals surface area (Å²) in [4.78, 5) is 12.4. The molecule has 4 heterocycles. The first-order valence-corrected chi connectivity index (χ1v) is 7.60. The molecule has 4 aromatic heterocycles. The maximum Gasteiger partial charge on any atom is 0.177 e. The zero-order chi connectivity index (χ0) is 16.3. The van der Waals surface area contributed by atoms with Crippen molar-refractivity contribution in [2.24, 2.45) is 14.1 Å². The molecule has 7 nitrogen and oxygen atoms in total. The topological polar surface area (TPSA) is 77.5 Å². The molecule has 1 aromatic carbocycles. The lowest BCUT2D eigenvalue weighted by molar-refractivity contribution is 0.585. The lowest BCUT2D eigenvalue weighted by Gasteiger charge is -1.98. The van der Waals surface area contributed by atoms with Crippen molar-refractivity contribution < 1.29 is 4.42 Å². The molecule has 0 saturated carbocycles. The number of furan rings is 1. The van der Waals surface area contributed by atoms with Crippen LogP contribution in [0.2, 0.25) is 0 Å². The second-order valence-electron chi connectivity index (χ2n) is 5.74. The first kappa shape index (κ1) is 13.1. The zero-order valence-electron chi connectivity index (χ0n) is 13.2. The maximum atomic E-state index is 6.00. The van der Waals surface area contributed by atoms with Gasteiger partial charge in [0.2, 0.25) is 0 Å². The van der Waals surface area contributed by atoms with Gasteiger partial charge in [-0.15, -0.1) is 0 Å². The molecule has 0 aliphatic rings. The van der Waals surface area contributed by atoms with E-state index in [1.807, 2.05) is 55.1 Å². The second kappa shape index (κ2) is 4.58. The number of hydrogen-bond donors (Lipinski definition) is 1. The number of fused-ring (bicyclic) bond motifs is 2. The Labute approximate surface area is 136 Å². The van der Waals surface area contributed by atoms with Crippen LogP contribution in [0.25, 0.3) is 45.4 Å². The standard InChI is InChI=1S/C17H14N6O/c1-22-12-6-4-3-5-10(12)20-17(22)14-8-7-13(24-14)15-19-11-9-18-23(2)16(11)21-15/h3-9H,1-2H3,(H,19,21). The molecule has 0 spiro atoms. The van der Waals surface area contributed by atoms with Gasteiger partial charge in [-0.3, -0.25) is 0 Å². The summed E-state index contributed by atoms with van der Waals surface area (Å²) in [7, 11) is 3.85. The highest BCUT2D eigenvalue weighted by atomic mass is 16.3. The Morgan fingerprint density at radius 2 is 1.83 bits per heavy atom. The number of H-pyrrole nitrogens is 1. The number of hydrogen-bond acceptors (Lipinski definition) is 4. The van der Waals surface area contributed by atoms with E-state index in [1.54, 1.807) is 10.9 Å². The quantitative estimate of drug-likeness (QED) is 0.542. The number of nitrogens with zero attached hydrogens (tertiary/aromatic N) is 5. The van der Waals surface area contributed by atoms with E-state index < -0.39 is 0 Å². The Bertz CT molecular complexity index is 1190. The smallest absolute Gasteiger partial charge is 0.177 e. The van der Waals surface area contributed by atoms with Crippen molar-refractivity contribution in [3.05, 3.63) is 42.6 Å². The van der Waals surface area contributed by atoms with Gasteiger partial charge in [0.1, 0.15) is 5.52 Å².